The number of ketones is 1. The molecule has 1 saturated heterocycles. The molecule has 2 atom stereocenters. The Balaban J connectivity index is 2.72. The molecular weight excluding hydrogens is 162 g/mol. The molecule has 0 aromatic rings. The van der Waals surface area contributed by atoms with Crippen molar-refractivity contribution in [2.75, 3.05) is 6.54 Å². The first kappa shape index (κ1) is 10.7. The summed E-state index contributed by atoms with van der Waals surface area (Å²) in [5.74, 6) is 0.642. The highest BCUT2D eigenvalue weighted by Crippen LogP contribution is 2.26. The fraction of sp³-hybridized carbons (Fsp3) is 0.909. The quantitative estimate of drug-likeness (QED) is 0.573. The Hall–Kier alpha value is -0.370. The number of piperidine rings is 1. The zero-order chi connectivity index (χ0) is 10.2. The fourth-order valence-corrected chi connectivity index (χ4v) is 2.11. The molecule has 1 aliphatic heterocycles. The van der Waals surface area contributed by atoms with Crippen LogP contribution in [0.1, 0.15) is 41.0 Å². The normalized spacial score (nSPS) is 32.2. The van der Waals surface area contributed by atoms with Crippen LogP contribution in [0.3, 0.4) is 0 Å². The second-order valence-corrected chi connectivity index (χ2v) is 5.24. The molecule has 1 fully saturated rings. The molecule has 13 heavy (non-hydrogen) atoms. The Bertz CT molecular complexity index is 205. The standard InChI is InChI=1S/C11H21NO/c1-8-7-12(11(3,4)5)9(2)6-10(8)13/h8-9H,6-7H2,1-5H3/t8-,9+/m0/s1. The van der Waals surface area contributed by atoms with Gasteiger partial charge in [0.05, 0.1) is 0 Å². The largest absolute Gasteiger partial charge is 0.299 e. The van der Waals surface area contributed by atoms with E-state index in [-0.39, 0.29) is 11.5 Å². The Morgan fingerprint density at radius 1 is 1.31 bits per heavy atom. The highest BCUT2D eigenvalue weighted by Gasteiger charge is 2.34. The van der Waals surface area contributed by atoms with Crippen molar-refractivity contribution in [3.05, 3.63) is 0 Å². The van der Waals surface area contributed by atoms with E-state index < -0.39 is 0 Å². The molecule has 0 aliphatic carbocycles. The molecule has 0 bridgehead atoms. The lowest BCUT2D eigenvalue weighted by Gasteiger charge is -2.44. The number of hydrogen-bond donors (Lipinski definition) is 0. The zero-order valence-electron chi connectivity index (χ0n) is 9.42. The maximum absolute atomic E-state index is 11.5. The Kier molecular flexibility index (Phi) is 2.81. The molecule has 76 valence electrons. The average molecular weight is 183 g/mol. The van der Waals surface area contributed by atoms with E-state index >= 15 is 0 Å². The van der Waals surface area contributed by atoms with Gasteiger partial charge in [-0.3, -0.25) is 9.69 Å². The third kappa shape index (κ3) is 2.31. The SMILES string of the molecule is C[C@@H]1CC(=O)[C@@H](C)CN1C(C)(C)C. The minimum atomic E-state index is 0.189. The number of likely N-dealkylation sites (tertiary alicyclic amines) is 1. The molecule has 0 unspecified atom stereocenters. The van der Waals surface area contributed by atoms with E-state index in [1.54, 1.807) is 0 Å². The summed E-state index contributed by atoms with van der Waals surface area (Å²) in [5.41, 5.74) is 0.189. The molecule has 0 aromatic carbocycles. The summed E-state index contributed by atoms with van der Waals surface area (Å²) in [7, 11) is 0. The first-order valence-electron chi connectivity index (χ1n) is 5.12. The smallest absolute Gasteiger partial charge is 0.138 e. The van der Waals surface area contributed by atoms with Crippen LogP contribution in [0.15, 0.2) is 0 Å². The van der Waals surface area contributed by atoms with Crippen LogP contribution in [0, 0.1) is 5.92 Å². The van der Waals surface area contributed by atoms with Crippen molar-refractivity contribution < 1.29 is 4.79 Å². The van der Waals surface area contributed by atoms with Crippen molar-refractivity contribution in [3.8, 4) is 0 Å². The van der Waals surface area contributed by atoms with Crippen LogP contribution in [0.25, 0.3) is 0 Å². The number of rotatable bonds is 0. The minimum Gasteiger partial charge on any atom is -0.299 e. The first-order valence-corrected chi connectivity index (χ1v) is 5.12. The molecule has 2 heteroatoms. The molecule has 0 radical (unpaired) electrons. The average Bonchev–Trinajstić information content (AvgIpc) is 1.94. The number of nitrogens with zero attached hydrogens (tertiary/aromatic N) is 1. The van der Waals surface area contributed by atoms with Crippen molar-refractivity contribution >= 4 is 5.78 Å². The maximum Gasteiger partial charge on any atom is 0.138 e. The molecule has 0 spiro atoms. The van der Waals surface area contributed by atoms with Crippen LogP contribution in [0.5, 0.6) is 0 Å². The van der Waals surface area contributed by atoms with Gasteiger partial charge < -0.3 is 0 Å². The van der Waals surface area contributed by atoms with E-state index in [2.05, 4.69) is 32.6 Å². The summed E-state index contributed by atoms with van der Waals surface area (Å²) < 4.78 is 0. The lowest BCUT2D eigenvalue weighted by molar-refractivity contribution is -0.129. The predicted molar refractivity (Wildman–Crippen MR) is 54.7 cm³/mol. The van der Waals surface area contributed by atoms with Crippen molar-refractivity contribution in [2.24, 2.45) is 5.92 Å². The molecule has 0 aromatic heterocycles. The topological polar surface area (TPSA) is 20.3 Å². The summed E-state index contributed by atoms with van der Waals surface area (Å²) in [6.45, 7) is 11.7. The van der Waals surface area contributed by atoms with Gasteiger partial charge in [-0.15, -0.1) is 0 Å². The molecule has 0 amide bonds. The van der Waals surface area contributed by atoms with E-state index in [4.69, 9.17) is 0 Å². The molecule has 1 heterocycles. The van der Waals surface area contributed by atoms with Gasteiger partial charge in [0.25, 0.3) is 0 Å². The molecular formula is C11H21NO. The molecule has 1 aliphatic rings. The summed E-state index contributed by atoms with van der Waals surface area (Å²) >= 11 is 0. The Labute approximate surface area is 81.3 Å². The Morgan fingerprint density at radius 2 is 1.85 bits per heavy atom. The summed E-state index contributed by atoms with van der Waals surface area (Å²) in [6, 6.07) is 0.406. The van der Waals surface area contributed by atoms with Gasteiger partial charge in [-0.05, 0) is 27.7 Å². The predicted octanol–water partition coefficient (Wildman–Crippen LogP) is 2.08. The van der Waals surface area contributed by atoms with Crippen LogP contribution < -0.4 is 0 Å². The molecule has 0 N–H and O–H groups in total. The highest BCUT2D eigenvalue weighted by molar-refractivity contribution is 5.82. The van der Waals surface area contributed by atoms with E-state index in [1.165, 1.54) is 0 Å². The summed E-state index contributed by atoms with van der Waals surface area (Å²) in [4.78, 5) is 13.9. The first-order chi connectivity index (χ1) is 5.82. The van der Waals surface area contributed by atoms with Gasteiger partial charge >= 0.3 is 0 Å². The molecule has 2 nitrogen and oxygen atoms in total. The van der Waals surface area contributed by atoms with E-state index in [1.807, 2.05) is 6.92 Å². The van der Waals surface area contributed by atoms with Crippen LogP contribution in [-0.4, -0.2) is 28.8 Å². The maximum atomic E-state index is 11.5. The zero-order valence-corrected chi connectivity index (χ0v) is 9.42. The molecule has 0 saturated carbocycles. The van der Waals surface area contributed by atoms with Gasteiger partial charge in [0.2, 0.25) is 0 Å². The number of hydrogen-bond acceptors (Lipinski definition) is 2. The lowest BCUT2D eigenvalue weighted by atomic mass is 9.89. The summed E-state index contributed by atoms with van der Waals surface area (Å²) in [6.07, 6.45) is 0.721. The third-order valence-corrected chi connectivity index (χ3v) is 2.91. The second-order valence-electron chi connectivity index (χ2n) is 5.24. The van der Waals surface area contributed by atoms with E-state index in [0.29, 0.717) is 11.8 Å². The van der Waals surface area contributed by atoms with Gasteiger partial charge in [-0.2, -0.15) is 0 Å². The van der Waals surface area contributed by atoms with Crippen molar-refractivity contribution in [3.63, 3.8) is 0 Å². The van der Waals surface area contributed by atoms with Crippen LogP contribution >= 0.6 is 0 Å². The van der Waals surface area contributed by atoms with Crippen molar-refractivity contribution in [1.29, 1.82) is 0 Å². The fourth-order valence-electron chi connectivity index (χ4n) is 2.11. The summed E-state index contributed by atoms with van der Waals surface area (Å²) in [5, 5.41) is 0. The third-order valence-electron chi connectivity index (χ3n) is 2.91. The second kappa shape index (κ2) is 3.41. The molecule has 1 rings (SSSR count). The van der Waals surface area contributed by atoms with E-state index in [9.17, 15) is 4.79 Å². The number of carbonyl (C=O) groups is 1. The van der Waals surface area contributed by atoms with Crippen LogP contribution in [0.4, 0.5) is 0 Å². The number of Topliss-reactive ketones (excluding diaryl/α,β-unsaturated/α-hetero) is 1. The van der Waals surface area contributed by atoms with E-state index in [0.717, 1.165) is 13.0 Å². The van der Waals surface area contributed by atoms with Gasteiger partial charge in [-0.1, -0.05) is 6.92 Å². The van der Waals surface area contributed by atoms with Crippen LogP contribution in [-0.2, 0) is 4.79 Å². The number of carbonyl (C=O) groups excluding carboxylic acids is 1. The highest BCUT2D eigenvalue weighted by atomic mass is 16.1. The lowest BCUT2D eigenvalue weighted by Crippen LogP contribution is -2.54. The van der Waals surface area contributed by atoms with Crippen molar-refractivity contribution in [1.82, 2.24) is 4.90 Å². The van der Waals surface area contributed by atoms with Gasteiger partial charge in [-0.25, -0.2) is 0 Å². The van der Waals surface area contributed by atoms with Crippen LogP contribution in [0.2, 0.25) is 0 Å². The van der Waals surface area contributed by atoms with Gasteiger partial charge in [0.15, 0.2) is 0 Å². The van der Waals surface area contributed by atoms with Gasteiger partial charge in [0, 0.05) is 30.5 Å². The van der Waals surface area contributed by atoms with Crippen molar-refractivity contribution in [2.45, 2.75) is 52.6 Å². The minimum absolute atomic E-state index is 0.189. The Morgan fingerprint density at radius 3 is 2.31 bits per heavy atom. The monoisotopic (exact) mass is 183 g/mol. The van der Waals surface area contributed by atoms with Gasteiger partial charge in [0.1, 0.15) is 5.78 Å².